The predicted molar refractivity (Wildman–Crippen MR) is 86.1 cm³/mol. The second-order valence-corrected chi connectivity index (χ2v) is 6.81. The lowest BCUT2D eigenvalue weighted by Crippen LogP contribution is -2.29. The van der Waals surface area contributed by atoms with E-state index in [9.17, 15) is 5.26 Å². The van der Waals surface area contributed by atoms with E-state index in [1.165, 1.54) is 31.2 Å². The summed E-state index contributed by atoms with van der Waals surface area (Å²) in [6, 6.07) is 8.62. The summed E-state index contributed by atoms with van der Waals surface area (Å²) >= 11 is 0. The van der Waals surface area contributed by atoms with Crippen LogP contribution in [0.5, 0.6) is 0 Å². The molecule has 2 bridgehead atoms. The van der Waals surface area contributed by atoms with Crippen molar-refractivity contribution in [2.24, 2.45) is 17.8 Å². The Hall–Kier alpha value is -1.53. The Bertz CT molecular complexity index is 546. The summed E-state index contributed by atoms with van der Waals surface area (Å²) in [6.07, 6.45) is 5.72. The van der Waals surface area contributed by atoms with Crippen LogP contribution in [0.2, 0.25) is 0 Å². The van der Waals surface area contributed by atoms with Gasteiger partial charge < -0.3 is 10.2 Å². The van der Waals surface area contributed by atoms with Crippen LogP contribution < -0.4 is 10.2 Å². The lowest BCUT2D eigenvalue weighted by molar-refractivity contribution is 0.337. The third-order valence-corrected chi connectivity index (χ3v) is 5.37. The van der Waals surface area contributed by atoms with Crippen molar-refractivity contribution < 1.29 is 0 Å². The van der Waals surface area contributed by atoms with Crippen molar-refractivity contribution in [3.63, 3.8) is 0 Å². The first-order chi connectivity index (χ1) is 10.2. The highest BCUT2D eigenvalue weighted by Gasteiger charge is 2.39. The highest BCUT2D eigenvalue weighted by atomic mass is 15.1. The maximum atomic E-state index is 9.43. The minimum absolute atomic E-state index is 0.799. The summed E-state index contributed by atoms with van der Waals surface area (Å²) < 4.78 is 0. The van der Waals surface area contributed by atoms with Gasteiger partial charge in [-0.05, 0) is 61.8 Å². The SMILES string of the molecule is CNCc1ccc(N(C)CC2CC3CCC2C3)c(C#N)c1. The number of benzene rings is 1. The maximum absolute atomic E-state index is 9.43. The Morgan fingerprint density at radius 2 is 2.19 bits per heavy atom. The molecule has 1 aromatic carbocycles. The average molecular weight is 283 g/mol. The zero-order valence-electron chi connectivity index (χ0n) is 13.1. The van der Waals surface area contributed by atoms with Crippen LogP contribution in [-0.2, 0) is 6.54 Å². The van der Waals surface area contributed by atoms with E-state index in [0.29, 0.717) is 0 Å². The first-order valence-corrected chi connectivity index (χ1v) is 8.10. The molecule has 3 rings (SSSR count). The lowest BCUT2D eigenvalue weighted by atomic mass is 9.88. The highest BCUT2D eigenvalue weighted by Crippen LogP contribution is 2.48. The molecule has 2 saturated carbocycles. The van der Waals surface area contributed by atoms with Crippen LogP contribution in [0.3, 0.4) is 0 Å². The fourth-order valence-electron chi connectivity index (χ4n) is 4.37. The van der Waals surface area contributed by atoms with E-state index in [1.807, 2.05) is 13.1 Å². The van der Waals surface area contributed by atoms with Crippen molar-refractivity contribution >= 4 is 5.69 Å². The zero-order chi connectivity index (χ0) is 14.8. The molecule has 0 aromatic heterocycles. The van der Waals surface area contributed by atoms with Crippen LogP contribution in [0.25, 0.3) is 0 Å². The molecule has 0 heterocycles. The summed E-state index contributed by atoms with van der Waals surface area (Å²) in [5.74, 6) is 2.76. The van der Waals surface area contributed by atoms with E-state index >= 15 is 0 Å². The summed E-state index contributed by atoms with van der Waals surface area (Å²) in [5, 5.41) is 12.6. The van der Waals surface area contributed by atoms with Crippen molar-refractivity contribution in [1.29, 1.82) is 5.26 Å². The number of nitrogens with one attached hydrogen (secondary N) is 1. The molecule has 0 amide bonds. The number of anilines is 1. The summed E-state index contributed by atoms with van der Waals surface area (Å²) in [6.45, 7) is 1.91. The molecule has 0 saturated heterocycles. The van der Waals surface area contributed by atoms with Crippen LogP contribution in [-0.4, -0.2) is 20.6 Å². The third-order valence-electron chi connectivity index (χ3n) is 5.37. The van der Waals surface area contributed by atoms with Crippen molar-refractivity contribution in [3.05, 3.63) is 29.3 Å². The Kier molecular flexibility index (Phi) is 4.17. The summed E-state index contributed by atoms with van der Waals surface area (Å²) in [5.41, 5.74) is 3.06. The Morgan fingerprint density at radius 1 is 1.33 bits per heavy atom. The standard InChI is InChI=1S/C18H25N3/c1-20-11-14-4-6-18(16(9-14)10-19)21(2)12-17-8-13-3-5-15(17)7-13/h4,6,9,13,15,17,20H,3,5,7-8,11-12H2,1-2H3. The van der Waals surface area contributed by atoms with Gasteiger partial charge in [-0.15, -0.1) is 0 Å². The van der Waals surface area contributed by atoms with Crippen molar-refractivity contribution in [2.75, 3.05) is 25.5 Å². The second kappa shape index (κ2) is 6.07. The van der Waals surface area contributed by atoms with E-state index in [0.717, 1.165) is 42.1 Å². The smallest absolute Gasteiger partial charge is 0.101 e. The molecule has 0 radical (unpaired) electrons. The quantitative estimate of drug-likeness (QED) is 0.902. The van der Waals surface area contributed by atoms with Gasteiger partial charge in [0.1, 0.15) is 6.07 Å². The Balaban J connectivity index is 1.72. The molecule has 2 aliphatic carbocycles. The fraction of sp³-hybridized carbons (Fsp3) is 0.611. The summed E-state index contributed by atoms with van der Waals surface area (Å²) in [4.78, 5) is 2.30. The number of nitrogens with zero attached hydrogens (tertiary/aromatic N) is 2. The van der Waals surface area contributed by atoms with Crippen LogP contribution in [0.4, 0.5) is 5.69 Å². The van der Waals surface area contributed by atoms with Crippen LogP contribution in [0.1, 0.15) is 36.8 Å². The normalized spacial score (nSPS) is 26.8. The maximum Gasteiger partial charge on any atom is 0.101 e. The van der Waals surface area contributed by atoms with Gasteiger partial charge in [0.05, 0.1) is 11.3 Å². The van der Waals surface area contributed by atoms with E-state index in [1.54, 1.807) is 0 Å². The van der Waals surface area contributed by atoms with Gasteiger partial charge in [-0.1, -0.05) is 12.5 Å². The van der Waals surface area contributed by atoms with Gasteiger partial charge in [0.15, 0.2) is 0 Å². The molecule has 3 unspecified atom stereocenters. The number of fused-ring (bicyclic) bond motifs is 2. The molecule has 2 aliphatic rings. The van der Waals surface area contributed by atoms with Gasteiger partial charge in [0.25, 0.3) is 0 Å². The Morgan fingerprint density at radius 3 is 2.81 bits per heavy atom. The molecule has 3 atom stereocenters. The highest BCUT2D eigenvalue weighted by molar-refractivity contribution is 5.60. The number of hydrogen-bond donors (Lipinski definition) is 1. The van der Waals surface area contributed by atoms with Crippen LogP contribution in [0.15, 0.2) is 18.2 Å². The number of nitriles is 1. The van der Waals surface area contributed by atoms with E-state index in [2.05, 4.69) is 35.5 Å². The molecule has 21 heavy (non-hydrogen) atoms. The molecular weight excluding hydrogens is 258 g/mol. The van der Waals surface area contributed by atoms with Crippen molar-refractivity contribution in [1.82, 2.24) is 5.32 Å². The van der Waals surface area contributed by atoms with E-state index in [-0.39, 0.29) is 0 Å². The molecule has 2 fully saturated rings. The first-order valence-electron chi connectivity index (χ1n) is 8.10. The molecule has 1 aromatic rings. The molecular formula is C18H25N3. The van der Waals surface area contributed by atoms with E-state index < -0.39 is 0 Å². The van der Waals surface area contributed by atoms with Gasteiger partial charge in [0.2, 0.25) is 0 Å². The monoisotopic (exact) mass is 283 g/mol. The molecule has 3 nitrogen and oxygen atoms in total. The minimum Gasteiger partial charge on any atom is -0.373 e. The molecule has 3 heteroatoms. The average Bonchev–Trinajstić information content (AvgIpc) is 3.10. The van der Waals surface area contributed by atoms with Gasteiger partial charge in [-0.25, -0.2) is 0 Å². The Labute approximate surface area is 128 Å². The zero-order valence-corrected chi connectivity index (χ0v) is 13.1. The topological polar surface area (TPSA) is 39.1 Å². The molecule has 0 aliphatic heterocycles. The largest absolute Gasteiger partial charge is 0.373 e. The van der Waals surface area contributed by atoms with Gasteiger partial charge in [0, 0.05) is 20.1 Å². The van der Waals surface area contributed by atoms with Crippen LogP contribution >= 0.6 is 0 Å². The minimum atomic E-state index is 0.799. The molecule has 112 valence electrons. The second-order valence-electron chi connectivity index (χ2n) is 6.81. The molecule has 0 spiro atoms. The van der Waals surface area contributed by atoms with Gasteiger partial charge >= 0.3 is 0 Å². The first kappa shape index (κ1) is 14.4. The number of hydrogen-bond acceptors (Lipinski definition) is 3. The van der Waals surface area contributed by atoms with Crippen LogP contribution in [0, 0.1) is 29.1 Å². The number of rotatable bonds is 5. The third kappa shape index (κ3) is 2.91. The van der Waals surface area contributed by atoms with Crippen molar-refractivity contribution in [3.8, 4) is 6.07 Å². The lowest BCUT2D eigenvalue weighted by Gasteiger charge is -2.29. The van der Waals surface area contributed by atoms with Gasteiger partial charge in [-0.2, -0.15) is 5.26 Å². The fourth-order valence-corrected chi connectivity index (χ4v) is 4.37. The van der Waals surface area contributed by atoms with Crippen molar-refractivity contribution in [2.45, 2.75) is 32.2 Å². The van der Waals surface area contributed by atoms with Gasteiger partial charge in [-0.3, -0.25) is 0 Å². The summed E-state index contributed by atoms with van der Waals surface area (Å²) in [7, 11) is 4.07. The van der Waals surface area contributed by atoms with E-state index in [4.69, 9.17) is 0 Å². The predicted octanol–water partition coefficient (Wildman–Crippen LogP) is 3.15. The molecule has 1 N–H and O–H groups in total.